The molecule has 0 saturated heterocycles. The quantitative estimate of drug-likeness (QED) is 0.0297. The molecule has 34 N–H and O–H groups in total. The van der Waals surface area contributed by atoms with Crippen molar-refractivity contribution in [3.8, 4) is 0 Å². The van der Waals surface area contributed by atoms with Crippen molar-refractivity contribution in [2.75, 3.05) is 145 Å². The second kappa shape index (κ2) is 100. The molecule has 490 valence electrons. The number of aliphatic carboxylic acids is 1. The zero-order chi connectivity index (χ0) is 64.1. The minimum absolute atomic E-state index is 0.341. The summed E-state index contributed by atoms with van der Waals surface area (Å²) in [4.78, 5) is 10.1. The molecule has 0 unspecified atom stereocenters. The molecule has 0 atom stereocenters. The Labute approximate surface area is 454 Å². The number of aliphatic hydroxyl groups is 33. The van der Waals surface area contributed by atoms with Gasteiger partial charge in [0.05, 0.1) is 145 Å². The van der Waals surface area contributed by atoms with E-state index in [1.165, 1.54) is 32.1 Å². The van der Waals surface area contributed by atoms with E-state index in [0.29, 0.717) is 6.42 Å². The van der Waals surface area contributed by atoms with Crippen LogP contribution in [-0.4, -0.2) is 392 Å². The van der Waals surface area contributed by atoms with Crippen LogP contribution >= 0.6 is 0 Å². The molecule has 0 saturated carbocycles. The molecule has 0 aromatic heterocycles. The summed E-state index contributed by atoms with van der Waals surface area (Å²) in [5, 5.41) is 273. The van der Waals surface area contributed by atoms with Crippen molar-refractivity contribution in [2.45, 2.75) is 125 Å². The van der Waals surface area contributed by atoms with E-state index in [0.717, 1.165) is 12.8 Å². The van der Waals surface area contributed by atoms with Crippen molar-refractivity contribution < 1.29 is 178 Å². The maximum absolute atomic E-state index is 10.1. The maximum atomic E-state index is 10.1. The average Bonchev–Trinajstić information content (AvgIpc) is 3.49. The second-order valence-corrected chi connectivity index (χ2v) is 14.5. The molecule has 0 fully saturated rings. The third-order valence-electron chi connectivity index (χ3n) is 6.63. The highest BCUT2D eigenvalue weighted by Crippen LogP contribution is 2.08. The molecule has 0 aliphatic rings. The predicted molar refractivity (Wildman–Crippen MR) is 272 cm³/mol. The summed E-state index contributed by atoms with van der Waals surface area (Å²) in [5.41, 5.74) is 0. The Morgan fingerprint density at radius 1 is 0.218 bits per heavy atom. The molecule has 0 rings (SSSR count). The summed E-state index contributed by atoms with van der Waals surface area (Å²) in [6.07, 6.45) is -1.85. The summed E-state index contributed by atoms with van der Waals surface area (Å²) < 4.78 is 0. The van der Waals surface area contributed by atoms with E-state index in [1.54, 1.807) is 0 Å². The molecule has 35 nitrogen and oxygen atoms in total. The van der Waals surface area contributed by atoms with Crippen molar-refractivity contribution in [3.63, 3.8) is 0 Å². The first-order chi connectivity index (χ1) is 36.7. The van der Waals surface area contributed by atoms with Crippen molar-refractivity contribution in [1.29, 1.82) is 0 Å². The Morgan fingerprint density at radius 3 is 0.397 bits per heavy atom. The van der Waals surface area contributed by atoms with Crippen molar-refractivity contribution in [2.24, 2.45) is 0 Å². The number of rotatable bonds is 30. The Balaban J connectivity index is -0.0000000614. The smallest absolute Gasteiger partial charge is 0.303 e. The largest absolute Gasteiger partial charge is 0.481 e. The Morgan fingerprint density at radius 2 is 0.321 bits per heavy atom. The lowest BCUT2D eigenvalue weighted by Gasteiger charge is -1.98. The predicted octanol–water partition coefficient (Wildman–Crippen LogP) is -15.1. The van der Waals surface area contributed by atoms with Gasteiger partial charge < -0.3 is 174 Å². The summed E-state index contributed by atoms with van der Waals surface area (Å²) in [5.74, 6) is -0.663. The van der Waals surface area contributed by atoms with Crippen molar-refractivity contribution in [1.82, 2.24) is 0 Å². The van der Waals surface area contributed by atoms with E-state index in [4.69, 9.17) is 174 Å². The molecular weight excluding hydrogens is 1080 g/mol. The average molecular weight is 1190 g/mol. The Hall–Kier alpha value is -1.85. The fourth-order valence-corrected chi connectivity index (χ4v) is 1.87. The molecule has 35 heteroatoms. The van der Waals surface area contributed by atoms with E-state index in [9.17, 15) is 4.79 Å². The lowest BCUT2D eigenvalue weighted by atomic mass is 10.1. The van der Waals surface area contributed by atoms with Gasteiger partial charge in [-0.05, 0) is 6.42 Å². The van der Waals surface area contributed by atoms with Gasteiger partial charge in [0, 0.05) is 6.42 Å². The molecule has 0 radical (unpaired) electrons. The van der Waals surface area contributed by atoms with Crippen LogP contribution in [0.25, 0.3) is 0 Å². The van der Waals surface area contributed by atoms with Crippen LogP contribution < -0.4 is 0 Å². The molecule has 0 aliphatic carbocycles. The van der Waals surface area contributed by atoms with Gasteiger partial charge in [0.2, 0.25) is 0 Å². The highest BCUT2D eigenvalue weighted by atomic mass is 16.4. The summed E-state index contributed by atoms with van der Waals surface area (Å²) >= 11 is 0. The van der Waals surface area contributed by atoms with Gasteiger partial charge >= 0.3 is 5.97 Å². The molecule has 0 bridgehead atoms. The van der Waals surface area contributed by atoms with Crippen LogP contribution in [0.2, 0.25) is 0 Å². The summed E-state index contributed by atoms with van der Waals surface area (Å²) in [6.45, 7) is -5.82. The number of carbonyl (C=O) groups is 1. The first-order valence-electron chi connectivity index (χ1n) is 23.8. The van der Waals surface area contributed by atoms with E-state index in [2.05, 4.69) is 6.92 Å². The topological polar surface area (TPSA) is 705 Å². The number of carboxylic acids is 1. The summed E-state index contributed by atoms with van der Waals surface area (Å²) in [6, 6.07) is 0. The third-order valence-corrected chi connectivity index (χ3v) is 6.63. The van der Waals surface area contributed by atoms with Gasteiger partial charge in [-0.15, -0.1) is 0 Å². The fourth-order valence-electron chi connectivity index (χ4n) is 1.87. The SMILES string of the molecule is CCCCCCCCCC(=O)O.OCC(O)CO.OCC(O)CO.OCC(O)CO.OCC(O)CO.OCC(O)CO.OCC(O)CO.OCC(O)CO.OCC(O)CO.OCC(O)CO.OCC(O)CO.OCC(O)CO. The Kier molecular flexibility index (Phi) is 135. The van der Waals surface area contributed by atoms with Gasteiger partial charge in [0.1, 0.15) is 67.1 Å². The van der Waals surface area contributed by atoms with Crippen molar-refractivity contribution >= 4 is 5.97 Å². The molecule has 0 heterocycles. The third kappa shape index (κ3) is 152. The van der Waals surface area contributed by atoms with Crippen LogP contribution in [0.5, 0.6) is 0 Å². The first kappa shape index (κ1) is 105. The number of aliphatic hydroxyl groups excluding tert-OH is 33. The lowest BCUT2D eigenvalue weighted by molar-refractivity contribution is -0.137. The standard InChI is InChI=1S/C10H20O2.11C3H8O3/c1-2-3-4-5-6-7-8-9-10(11)12;11*4-1-3(6)2-5/h2-9H2,1H3,(H,11,12);11*3-6H,1-2H2. The highest BCUT2D eigenvalue weighted by molar-refractivity contribution is 5.66. The van der Waals surface area contributed by atoms with Crippen LogP contribution in [0.3, 0.4) is 0 Å². The maximum Gasteiger partial charge on any atom is 0.303 e. The van der Waals surface area contributed by atoms with Gasteiger partial charge in [-0.1, -0.05) is 45.4 Å². The second-order valence-electron chi connectivity index (χ2n) is 14.5. The van der Waals surface area contributed by atoms with E-state index >= 15 is 0 Å². The van der Waals surface area contributed by atoms with Gasteiger partial charge in [-0.25, -0.2) is 0 Å². The van der Waals surface area contributed by atoms with Gasteiger partial charge in [-0.2, -0.15) is 0 Å². The number of hydrogen-bond donors (Lipinski definition) is 34. The molecular formula is C43H108O35. The monoisotopic (exact) mass is 1180 g/mol. The van der Waals surface area contributed by atoms with Crippen LogP contribution in [0.1, 0.15) is 58.3 Å². The zero-order valence-corrected chi connectivity index (χ0v) is 44.7. The first-order valence-corrected chi connectivity index (χ1v) is 23.8. The van der Waals surface area contributed by atoms with E-state index < -0.39 is 73.1 Å². The molecule has 0 aliphatic heterocycles. The minimum atomic E-state index is -0.954. The normalized spacial score (nSPS) is 10.0. The number of carboxylic acid groups (broad SMARTS) is 1. The number of hydrogen-bond acceptors (Lipinski definition) is 34. The van der Waals surface area contributed by atoms with Gasteiger partial charge in [-0.3, -0.25) is 4.79 Å². The van der Waals surface area contributed by atoms with Crippen LogP contribution in [0, 0.1) is 0 Å². The summed E-state index contributed by atoms with van der Waals surface area (Å²) in [7, 11) is 0. The molecule has 78 heavy (non-hydrogen) atoms. The zero-order valence-electron chi connectivity index (χ0n) is 44.7. The molecule has 0 aromatic carbocycles. The van der Waals surface area contributed by atoms with Gasteiger partial charge in [0.15, 0.2) is 0 Å². The molecule has 0 aromatic rings. The Bertz CT molecular complexity index is 682. The van der Waals surface area contributed by atoms with E-state index in [-0.39, 0.29) is 145 Å². The van der Waals surface area contributed by atoms with E-state index in [1.807, 2.05) is 0 Å². The number of unbranched alkanes of at least 4 members (excludes halogenated alkanes) is 6. The van der Waals surface area contributed by atoms with Crippen LogP contribution in [0.4, 0.5) is 0 Å². The fraction of sp³-hybridized carbons (Fsp3) is 0.977. The molecule has 0 amide bonds. The minimum Gasteiger partial charge on any atom is -0.481 e. The van der Waals surface area contributed by atoms with Crippen LogP contribution in [-0.2, 0) is 4.79 Å². The highest BCUT2D eigenvalue weighted by Gasteiger charge is 2.00. The lowest BCUT2D eigenvalue weighted by Crippen LogP contribution is -2.15. The molecule has 0 spiro atoms. The van der Waals surface area contributed by atoms with Crippen molar-refractivity contribution in [3.05, 3.63) is 0 Å². The van der Waals surface area contributed by atoms with Gasteiger partial charge in [0.25, 0.3) is 0 Å². The van der Waals surface area contributed by atoms with Crippen LogP contribution in [0.15, 0.2) is 0 Å².